The van der Waals surface area contributed by atoms with Crippen molar-refractivity contribution in [2.75, 3.05) is 20.8 Å². The molecule has 29 heavy (non-hydrogen) atoms. The lowest BCUT2D eigenvalue weighted by Crippen LogP contribution is -2.35. The summed E-state index contributed by atoms with van der Waals surface area (Å²) < 4.78 is 10.7. The van der Waals surface area contributed by atoms with Crippen LogP contribution in [0, 0.1) is 0 Å². The summed E-state index contributed by atoms with van der Waals surface area (Å²) in [5, 5.41) is 0.514. The quantitative estimate of drug-likeness (QED) is 0.693. The van der Waals surface area contributed by atoms with Crippen molar-refractivity contribution in [1.29, 1.82) is 0 Å². The summed E-state index contributed by atoms with van der Waals surface area (Å²) in [6.07, 6.45) is 0.660. The molecule has 0 unspecified atom stereocenters. The SMILES string of the molecule is COc1cc(CN2CCc3c(nc(-c4ccccc4)[nH]c3=O)C2)cc(Cl)c1OC. The van der Waals surface area contributed by atoms with Gasteiger partial charge in [0.1, 0.15) is 5.82 Å². The summed E-state index contributed by atoms with van der Waals surface area (Å²) in [5.74, 6) is 1.74. The van der Waals surface area contributed by atoms with Crippen molar-refractivity contribution in [2.45, 2.75) is 19.5 Å². The van der Waals surface area contributed by atoms with Crippen molar-refractivity contribution in [1.82, 2.24) is 14.9 Å². The molecule has 1 N–H and O–H groups in total. The minimum absolute atomic E-state index is 0.0531. The number of nitrogens with zero attached hydrogens (tertiary/aromatic N) is 2. The normalized spacial score (nSPS) is 13.8. The number of aromatic nitrogens is 2. The summed E-state index contributed by atoms with van der Waals surface area (Å²) in [4.78, 5) is 22.5. The summed E-state index contributed by atoms with van der Waals surface area (Å²) in [6.45, 7) is 2.05. The van der Waals surface area contributed by atoms with E-state index in [1.54, 1.807) is 14.2 Å². The van der Waals surface area contributed by atoms with Crippen LogP contribution >= 0.6 is 11.6 Å². The van der Waals surface area contributed by atoms with Crippen LogP contribution in [0.15, 0.2) is 47.3 Å². The second-order valence-corrected chi connectivity index (χ2v) is 7.39. The Balaban J connectivity index is 1.60. The van der Waals surface area contributed by atoms with Crippen LogP contribution in [-0.4, -0.2) is 35.6 Å². The summed E-state index contributed by atoms with van der Waals surface area (Å²) in [5.41, 5.74) is 3.46. The molecule has 0 fully saturated rings. The average Bonchev–Trinajstić information content (AvgIpc) is 2.73. The molecule has 1 aliphatic rings. The van der Waals surface area contributed by atoms with Crippen molar-refractivity contribution < 1.29 is 9.47 Å². The third kappa shape index (κ3) is 3.99. The molecule has 0 atom stereocenters. The highest BCUT2D eigenvalue weighted by Crippen LogP contribution is 2.36. The lowest BCUT2D eigenvalue weighted by atomic mass is 10.0. The van der Waals surface area contributed by atoms with Crippen LogP contribution in [0.25, 0.3) is 11.4 Å². The van der Waals surface area contributed by atoms with Crippen LogP contribution in [0.5, 0.6) is 11.5 Å². The number of hydrogen-bond acceptors (Lipinski definition) is 5. The van der Waals surface area contributed by atoms with E-state index in [1.165, 1.54) is 0 Å². The number of nitrogens with one attached hydrogen (secondary N) is 1. The van der Waals surface area contributed by atoms with Gasteiger partial charge in [0.25, 0.3) is 5.56 Å². The smallest absolute Gasteiger partial charge is 0.254 e. The Morgan fingerprint density at radius 3 is 2.69 bits per heavy atom. The zero-order chi connectivity index (χ0) is 20.4. The van der Waals surface area contributed by atoms with E-state index in [9.17, 15) is 4.79 Å². The molecular formula is C22H22ClN3O3. The lowest BCUT2D eigenvalue weighted by Gasteiger charge is -2.28. The molecule has 0 saturated heterocycles. The van der Waals surface area contributed by atoms with Gasteiger partial charge in [0.15, 0.2) is 11.5 Å². The first-order valence-electron chi connectivity index (χ1n) is 9.39. The number of aromatic amines is 1. The molecule has 2 heterocycles. The molecule has 1 aromatic heterocycles. The molecule has 0 saturated carbocycles. The van der Waals surface area contributed by atoms with Crippen LogP contribution in [-0.2, 0) is 19.5 Å². The van der Waals surface area contributed by atoms with Crippen LogP contribution in [0.2, 0.25) is 5.02 Å². The molecule has 6 nitrogen and oxygen atoms in total. The van der Waals surface area contributed by atoms with E-state index in [2.05, 4.69) is 9.88 Å². The predicted molar refractivity (Wildman–Crippen MR) is 113 cm³/mol. The van der Waals surface area contributed by atoms with E-state index in [1.807, 2.05) is 42.5 Å². The Morgan fingerprint density at radius 2 is 1.97 bits per heavy atom. The highest BCUT2D eigenvalue weighted by Gasteiger charge is 2.22. The minimum atomic E-state index is -0.0531. The van der Waals surface area contributed by atoms with E-state index in [-0.39, 0.29) is 5.56 Å². The molecule has 0 bridgehead atoms. The van der Waals surface area contributed by atoms with Gasteiger partial charge in [0.05, 0.1) is 24.9 Å². The monoisotopic (exact) mass is 411 g/mol. The number of methoxy groups -OCH3 is 2. The van der Waals surface area contributed by atoms with Gasteiger partial charge in [-0.3, -0.25) is 9.69 Å². The molecular weight excluding hydrogens is 390 g/mol. The number of hydrogen-bond donors (Lipinski definition) is 1. The second kappa shape index (κ2) is 8.27. The Labute approximate surface area is 174 Å². The molecule has 2 aromatic carbocycles. The molecule has 7 heteroatoms. The topological polar surface area (TPSA) is 67.5 Å². The fourth-order valence-corrected chi connectivity index (χ4v) is 3.99. The third-order valence-corrected chi connectivity index (χ3v) is 5.38. The fourth-order valence-electron chi connectivity index (χ4n) is 3.68. The molecule has 0 amide bonds. The van der Waals surface area contributed by atoms with Crippen molar-refractivity contribution in [3.05, 3.63) is 74.7 Å². The zero-order valence-corrected chi connectivity index (χ0v) is 17.1. The summed E-state index contributed by atoms with van der Waals surface area (Å²) in [6, 6.07) is 13.5. The van der Waals surface area contributed by atoms with Gasteiger partial charge in [-0.2, -0.15) is 0 Å². The van der Waals surface area contributed by atoms with Crippen molar-refractivity contribution >= 4 is 11.6 Å². The van der Waals surface area contributed by atoms with Crippen molar-refractivity contribution in [3.8, 4) is 22.9 Å². The Kier molecular flexibility index (Phi) is 5.56. The first kappa shape index (κ1) is 19.5. The number of rotatable bonds is 5. The fraction of sp³-hybridized carbons (Fsp3) is 0.273. The van der Waals surface area contributed by atoms with Crippen LogP contribution in [0.3, 0.4) is 0 Å². The molecule has 1 aliphatic heterocycles. The van der Waals surface area contributed by atoms with Crippen LogP contribution in [0.4, 0.5) is 0 Å². The van der Waals surface area contributed by atoms with E-state index in [4.69, 9.17) is 26.1 Å². The van der Waals surface area contributed by atoms with Crippen molar-refractivity contribution in [2.24, 2.45) is 0 Å². The average molecular weight is 412 g/mol. The highest BCUT2D eigenvalue weighted by molar-refractivity contribution is 6.32. The molecule has 4 rings (SSSR count). The van der Waals surface area contributed by atoms with E-state index >= 15 is 0 Å². The van der Waals surface area contributed by atoms with Gasteiger partial charge in [0.2, 0.25) is 0 Å². The first-order chi connectivity index (χ1) is 14.1. The third-order valence-electron chi connectivity index (χ3n) is 5.10. The molecule has 150 valence electrons. The predicted octanol–water partition coefficient (Wildman–Crippen LogP) is 3.67. The summed E-state index contributed by atoms with van der Waals surface area (Å²) in [7, 11) is 3.16. The first-order valence-corrected chi connectivity index (χ1v) is 9.77. The zero-order valence-electron chi connectivity index (χ0n) is 16.4. The number of fused-ring (bicyclic) bond motifs is 1. The number of H-pyrrole nitrogens is 1. The molecule has 0 aliphatic carbocycles. The van der Waals surface area contributed by atoms with Gasteiger partial charge in [-0.05, 0) is 24.1 Å². The van der Waals surface area contributed by atoms with Crippen LogP contribution in [0.1, 0.15) is 16.8 Å². The highest BCUT2D eigenvalue weighted by atomic mass is 35.5. The van der Waals surface area contributed by atoms with Gasteiger partial charge in [-0.1, -0.05) is 41.9 Å². The molecule has 0 spiro atoms. The van der Waals surface area contributed by atoms with Gasteiger partial charge in [0, 0.05) is 30.8 Å². The Hall–Kier alpha value is -2.83. The molecule has 3 aromatic rings. The maximum Gasteiger partial charge on any atom is 0.254 e. The molecule has 0 radical (unpaired) electrons. The van der Waals surface area contributed by atoms with Gasteiger partial charge < -0.3 is 14.5 Å². The van der Waals surface area contributed by atoms with E-state index < -0.39 is 0 Å². The minimum Gasteiger partial charge on any atom is -0.493 e. The van der Waals surface area contributed by atoms with Gasteiger partial charge >= 0.3 is 0 Å². The van der Waals surface area contributed by atoms with Crippen LogP contribution < -0.4 is 15.0 Å². The van der Waals surface area contributed by atoms with Gasteiger partial charge in [-0.15, -0.1) is 0 Å². The standard InChI is InChI=1S/C22H22ClN3O3/c1-28-19-11-14(10-17(23)20(19)29-2)12-26-9-8-16-18(13-26)24-21(25-22(16)27)15-6-4-3-5-7-15/h3-7,10-11H,8-9,12-13H2,1-2H3,(H,24,25,27). The second-order valence-electron chi connectivity index (χ2n) is 6.98. The lowest BCUT2D eigenvalue weighted by molar-refractivity contribution is 0.240. The van der Waals surface area contributed by atoms with Crippen molar-refractivity contribution in [3.63, 3.8) is 0 Å². The Morgan fingerprint density at radius 1 is 1.17 bits per heavy atom. The largest absolute Gasteiger partial charge is 0.493 e. The maximum atomic E-state index is 12.6. The number of halogens is 1. The van der Waals surface area contributed by atoms with E-state index in [0.29, 0.717) is 41.9 Å². The van der Waals surface area contributed by atoms with E-state index in [0.717, 1.165) is 28.9 Å². The maximum absolute atomic E-state index is 12.6. The summed E-state index contributed by atoms with van der Waals surface area (Å²) >= 11 is 6.34. The van der Waals surface area contributed by atoms with Gasteiger partial charge in [-0.25, -0.2) is 4.98 Å². The Bertz CT molecular complexity index is 1080. The number of ether oxygens (including phenoxy) is 2. The number of benzene rings is 2.